The second kappa shape index (κ2) is 11.1. The number of halogens is 1. The molecule has 2 fully saturated rings. The average molecular weight is 472 g/mol. The van der Waals surface area contributed by atoms with Crippen LogP contribution in [0.15, 0.2) is 29.3 Å². The van der Waals surface area contributed by atoms with E-state index in [9.17, 15) is 5.11 Å². The quantitative estimate of drug-likeness (QED) is 0.402. The summed E-state index contributed by atoms with van der Waals surface area (Å²) in [5.41, 5.74) is 8.83. The third-order valence-corrected chi connectivity index (χ3v) is 5.41. The molecule has 3 rings (SSSR count). The van der Waals surface area contributed by atoms with E-state index in [0.717, 1.165) is 45.6 Å². The summed E-state index contributed by atoms with van der Waals surface area (Å²) in [4.78, 5) is 9.35. The van der Waals surface area contributed by atoms with E-state index >= 15 is 0 Å². The van der Waals surface area contributed by atoms with Gasteiger partial charge in [-0.15, -0.1) is 24.0 Å². The molecule has 1 aromatic rings. The van der Waals surface area contributed by atoms with Crippen molar-refractivity contribution in [2.24, 2.45) is 10.7 Å². The van der Waals surface area contributed by atoms with Crippen LogP contribution < -0.4 is 5.73 Å². The van der Waals surface area contributed by atoms with E-state index in [-0.39, 0.29) is 30.1 Å². The zero-order valence-electron chi connectivity index (χ0n) is 15.6. The number of guanidine groups is 1. The molecule has 6 heteroatoms. The third-order valence-electron chi connectivity index (χ3n) is 5.41. The highest BCUT2D eigenvalue weighted by atomic mass is 127. The molecule has 1 aromatic carbocycles. The number of hydrogen-bond acceptors (Lipinski definition) is 3. The minimum atomic E-state index is -0.121. The van der Waals surface area contributed by atoms with Crippen LogP contribution in [0, 0.1) is 0 Å². The van der Waals surface area contributed by atoms with Crippen molar-refractivity contribution in [2.75, 3.05) is 26.2 Å². The number of hydrogen-bond donors (Lipinski definition) is 2. The van der Waals surface area contributed by atoms with Crippen molar-refractivity contribution >= 4 is 29.9 Å². The molecule has 26 heavy (non-hydrogen) atoms. The second-order valence-corrected chi connectivity index (χ2v) is 7.35. The first-order valence-electron chi connectivity index (χ1n) is 9.74. The molecule has 0 radical (unpaired) electrons. The molecule has 5 nitrogen and oxygen atoms in total. The Morgan fingerprint density at radius 2 is 1.62 bits per heavy atom. The fraction of sp³-hybridized carbons (Fsp3) is 0.650. The zero-order chi connectivity index (χ0) is 17.5. The Morgan fingerprint density at radius 3 is 2.27 bits per heavy atom. The number of rotatable bonds is 4. The van der Waals surface area contributed by atoms with E-state index in [4.69, 9.17) is 5.73 Å². The lowest BCUT2D eigenvalue weighted by atomic mass is 10.0. The Labute approximate surface area is 174 Å². The van der Waals surface area contributed by atoms with Gasteiger partial charge in [-0.1, -0.05) is 37.1 Å². The van der Waals surface area contributed by atoms with Gasteiger partial charge < -0.3 is 15.7 Å². The molecule has 2 aliphatic heterocycles. The van der Waals surface area contributed by atoms with Crippen LogP contribution in [0.25, 0.3) is 0 Å². The molecule has 146 valence electrons. The zero-order valence-corrected chi connectivity index (χ0v) is 18.0. The lowest BCUT2D eigenvalue weighted by Gasteiger charge is -2.30. The van der Waals surface area contributed by atoms with Crippen LogP contribution in [0.5, 0.6) is 0 Å². The van der Waals surface area contributed by atoms with E-state index in [0.29, 0.717) is 12.5 Å². The number of piperidine rings is 1. The average Bonchev–Trinajstić information content (AvgIpc) is 2.92. The van der Waals surface area contributed by atoms with Crippen LogP contribution >= 0.6 is 24.0 Å². The fourth-order valence-corrected chi connectivity index (χ4v) is 3.75. The Balaban J connectivity index is 0.00000243. The third kappa shape index (κ3) is 6.39. The van der Waals surface area contributed by atoms with Crippen molar-refractivity contribution in [1.29, 1.82) is 0 Å². The van der Waals surface area contributed by atoms with Gasteiger partial charge in [0.2, 0.25) is 0 Å². The van der Waals surface area contributed by atoms with E-state index in [1.165, 1.54) is 36.8 Å². The fourth-order valence-electron chi connectivity index (χ4n) is 3.75. The van der Waals surface area contributed by atoms with Crippen molar-refractivity contribution in [3.05, 3.63) is 35.4 Å². The van der Waals surface area contributed by atoms with Crippen molar-refractivity contribution in [3.8, 4) is 0 Å². The van der Waals surface area contributed by atoms with Crippen LogP contribution in [0.2, 0.25) is 0 Å². The number of nitrogens with two attached hydrogens (primary N) is 1. The number of nitrogens with zero attached hydrogens (tertiary/aromatic N) is 3. The minimum absolute atomic E-state index is 0. The van der Waals surface area contributed by atoms with Gasteiger partial charge in [-0.3, -0.25) is 4.90 Å². The maximum Gasteiger partial charge on any atom is 0.191 e. The number of aliphatic imine (C=N–C) groups is 1. The van der Waals surface area contributed by atoms with Crippen LogP contribution in [0.3, 0.4) is 0 Å². The first-order valence-corrected chi connectivity index (χ1v) is 9.74. The topological polar surface area (TPSA) is 65.1 Å². The Morgan fingerprint density at radius 1 is 1.00 bits per heavy atom. The largest absolute Gasteiger partial charge is 0.393 e. The minimum Gasteiger partial charge on any atom is -0.393 e. The normalized spacial score (nSPS) is 20.5. The summed E-state index contributed by atoms with van der Waals surface area (Å²) in [5, 5.41) is 9.67. The van der Waals surface area contributed by atoms with Gasteiger partial charge in [0.25, 0.3) is 0 Å². The summed E-state index contributed by atoms with van der Waals surface area (Å²) in [7, 11) is 0. The molecule has 2 saturated heterocycles. The van der Waals surface area contributed by atoms with Gasteiger partial charge >= 0.3 is 0 Å². The van der Waals surface area contributed by atoms with E-state index in [1.807, 2.05) is 0 Å². The molecular formula is C20H33IN4O. The van der Waals surface area contributed by atoms with Crippen molar-refractivity contribution in [2.45, 2.75) is 57.7 Å². The summed E-state index contributed by atoms with van der Waals surface area (Å²) in [6.07, 6.45) is 6.67. The summed E-state index contributed by atoms with van der Waals surface area (Å²) >= 11 is 0. The van der Waals surface area contributed by atoms with E-state index in [1.54, 1.807) is 0 Å². The highest BCUT2D eigenvalue weighted by Crippen LogP contribution is 2.17. The monoisotopic (exact) mass is 472 g/mol. The number of aliphatic hydroxyl groups excluding tert-OH is 1. The highest BCUT2D eigenvalue weighted by Gasteiger charge is 2.18. The SMILES string of the molecule is I.NC(=NCc1ccccc1CN1CCC(O)CC1)N1CCCCCC1. The molecule has 0 aromatic heterocycles. The lowest BCUT2D eigenvalue weighted by molar-refractivity contribution is 0.0791. The van der Waals surface area contributed by atoms with Gasteiger partial charge in [0, 0.05) is 32.7 Å². The van der Waals surface area contributed by atoms with Gasteiger partial charge in [0.05, 0.1) is 12.6 Å². The summed E-state index contributed by atoms with van der Waals surface area (Å²) in [5.74, 6) is 0.692. The molecule has 0 spiro atoms. The first-order chi connectivity index (χ1) is 12.2. The molecular weight excluding hydrogens is 439 g/mol. The standard InChI is InChI=1S/C20H32N4O.HI/c21-20(24-11-5-1-2-6-12-24)22-15-17-7-3-4-8-18(17)16-23-13-9-19(25)10-14-23;/h3-4,7-8,19,25H,1-2,5-6,9-16H2,(H2,21,22);1H. The molecule has 2 aliphatic rings. The van der Waals surface area contributed by atoms with Crippen LogP contribution in [0.1, 0.15) is 49.7 Å². The Bertz CT molecular complexity index is 565. The molecule has 0 saturated carbocycles. The maximum absolute atomic E-state index is 9.67. The maximum atomic E-state index is 9.67. The Kier molecular flexibility index (Phi) is 9.15. The van der Waals surface area contributed by atoms with Gasteiger partial charge in [-0.25, -0.2) is 4.99 Å². The molecule has 0 bridgehead atoms. The Hall–Kier alpha value is -0.860. The van der Waals surface area contributed by atoms with Gasteiger partial charge in [0.15, 0.2) is 5.96 Å². The number of likely N-dealkylation sites (tertiary alicyclic amines) is 2. The van der Waals surface area contributed by atoms with Crippen LogP contribution in [0.4, 0.5) is 0 Å². The molecule has 2 heterocycles. The smallest absolute Gasteiger partial charge is 0.191 e. The second-order valence-electron chi connectivity index (χ2n) is 7.35. The molecule has 0 unspecified atom stereocenters. The van der Waals surface area contributed by atoms with Gasteiger partial charge in [-0.05, 0) is 36.8 Å². The molecule has 0 atom stereocenters. The van der Waals surface area contributed by atoms with Crippen LogP contribution in [-0.2, 0) is 13.1 Å². The number of benzene rings is 1. The van der Waals surface area contributed by atoms with Gasteiger partial charge in [0.1, 0.15) is 0 Å². The first kappa shape index (κ1) is 21.4. The molecule has 0 aliphatic carbocycles. The summed E-state index contributed by atoms with van der Waals surface area (Å²) in [6.45, 7) is 5.58. The lowest BCUT2D eigenvalue weighted by Crippen LogP contribution is -2.38. The van der Waals surface area contributed by atoms with Crippen LogP contribution in [-0.4, -0.2) is 53.1 Å². The van der Waals surface area contributed by atoms with E-state index < -0.39 is 0 Å². The van der Waals surface area contributed by atoms with Crippen molar-refractivity contribution in [1.82, 2.24) is 9.80 Å². The molecule has 3 N–H and O–H groups in total. The molecule has 0 amide bonds. The summed E-state index contributed by atoms with van der Waals surface area (Å²) in [6, 6.07) is 8.53. The summed E-state index contributed by atoms with van der Waals surface area (Å²) < 4.78 is 0. The van der Waals surface area contributed by atoms with Gasteiger partial charge in [-0.2, -0.15) is 0 Å². The van der Waals surface area contributed by atoms with Crippen molar-refractivity contribution < 1.29 is 5.11 Å². The highest BCUT2D eigenvalue weighted by molar-refractivity contribution is 14.0. The van der Waals surface area contributed by atoms with E-state index in [2.05, 4.69) is 39.1 Å². The predicted molar refractivity (Wildman–Crippen MR) is 118 cm³/mol. The predicted octanol–water partition coefficient (Wildman–Crippen LogP) is 2.95. The number of aliphatic hydroxyl groups is 1. The van der Waals surface area contributed by atoms with Crippen molar-refractivity contribution in [3.63, 3.8) is 0 Å².